The number of fused-ring (bicyclic) bond motifs is 3. The van der Waals surface area contributed by atoms with Crippen molar-refractivity contribution in [3.05, 3.63) is 47.8 Å². The predicted molar refractivity (Wildman–Crippen MR) is 78.7 cm³/mol. The predicted octanol–water partition coefficient (Wildman–Crippen LogP) is 2.48. The van der Waals surface area contributed by atoms with Gasteiger partial charge in [-0.2, -0.15) is 0 Å². The molecular weight excluding hydrogens is 219 g/mol. The van der Waals surface area contributed by atoms with Gasteiger partial charge in [0, 0.05) is 22.2 Å². The van der Waals surface area contributed by atoms with E-state index in [9.17, 15) is 0 Å². The van der Waals surface area contributed by atoms with Crippen molar-refractivity contribution in [1.29, 1.82) is 0 Å². The summed E-state index contributed by atoms with van der Waals surface area (Å²) < 4.78 is 0. The molecule has 88 valence electrons. The van der Waals surface area contributed by atoms with E-state index in [1.54, 1.807) is 0 Å². The van der Waals surface area contributed by atoms with E-state index in [1.165, 1.54) is 10.8 Å². The van der Waals surface area contributed by atoms with E-state index in [1.807, 2.05) is 0 Å². The number of hydrogen-bond donors (Lipinski definition) is 0. The third-order valence-corrected chi connectivity index (χ3v) is 3.36. The Morgan fingerprint density at radius 2 is 1.33 bits per heavy atom. The average Bonchev–Trinajstić information content (AvgIpc) is 2.45. The van der Waals surface area contributed by atoms with Crippen molar-refractivity contribution in [2.45, 2.75) is 19.7 Å². The molecule has 0 aliphatic rings. The van der Waals surface area contributed by atoms with Crippen molar-refractivity contribution >= 4 is 29.7 Å². The lowest BCUT2D eigenvalue weighted by molar-refractivity contribution is 1.06. The summed E-state index contributed by atoms with van der Waals surface area (Å²) in [7, 11) is 2.13. The van der Waals surface area contributed by atoms with Gasteiger partial charge in [-0.05, 0) is 24.9 Å². The lowest BCUT2D eigenvalue weighted by Crippen LogP contribution is -1.94. The van der Waals surface area contributed by atoms with Crippen molar-refractivity contribution < 1.29 is 0 Å². The maximum atomic E-state index is 4.73. The molecule has 0 radical (unpaired) electrons. The minimum atomic E-state index is 0.958. The molecule has 0 aliphatic heterocycles. The first-order valence-electron chi connectivity index (χ1n) is 6.50. The lowest BCUT2D eigenvalue weighted by Gasteiger charge is -2.06. The zero-order valence-electron chi connectivity index (χ0n) is 10.8. The minimum absolute atomic E-state index is 0.958. The van der Waals surface area contributed by atoms with Gasteiger partial charge in [0.05, 0.1) is 11.0 Å². The number of benzene rings is 1. The van der Waals surface area contributed by atoms with Gasteiger partial charge in [0.2, 0.25) is 0 Å². The molecule has 3 aromatic rings. The molecule has 0 spiro atoms. The van der Waals surface area contributed by atoms with E-state index < -0.39 is 0 Å². The van der Waals surface area contributed by atoms with Crippen LogP contribution in [0.3, 0.4) is 0 Å². The second kappa shape index (κ2) is 4.41. The first kappa shape index (κ1) is 11.2. The molecule has 2 aromatic heterocycles. The Bertz CT molecular complexity index is 659. The van der Waals surface area contributed by atoms with Gasteiger partial charge in [0.15, 0.2) is 0 Å². The van der Waals surface area contributed by atoms with Crippen LogP contribution in [-0.4, -0.2) is 17.8 Å². The van der Waals surface area contributed by atoms with Crippen molar-refractivity contribution in [3.8, 4) is 0 Å². The van der Waals surface area contributed by atoms with Crippen molar-refractivity contribution in [2.24, 2.45) is 0 Å². The summed E-state index contributed by atoms with van der Waals surface area (Å²) in [5.74, 6) is 0. The van der Waals surface area contributed by atoms with Gasteiger partial charge in [0.25, 0.3) is 0 Å². The number of rotatable bonds is 2. The van der Waals surface area contributed by atoms with Gasteiger partial charge in [-0.3, -0.25) is 9.97 Å². The molecule has 2 nitrogen and oxygen atoms in total. The Morgan fingerprint density at radius 1 is 0.833 bits per heavy atom. The SMILES string of the molecule is BCc1ccc2ccc3ccc(CC)nc3c2n1. The van der Waals surface area contributed by atoms with Gasteiger partial charge in [-0.1, -0.05) is 31.2 Å². The van der Waals surface area contributed by atoms with Crippen LogP contribution in [0.4, 0.5) is 0 Å². The summed E-state index contributed by atoms with van der Waals surface area (Å²) in [6, 6.07) is 12.7. The first-order chi connectivity index (χ1) is 8.81. The maximum absolute atomic E-state index is 4.73. The van der Waals surface area contributed by atoms with E-state index >= 15 is 0 Å². The molecule has 18 heavy (non-hydrogen) atoms. The molecule has 3 rings (SSSR count). The smallest absolute Gasteiger partial charge is 0.109 e. The Morgan fingerprint density at radius 3 is 1.89 bits per heavy atom. The zero-order chi connectivity index (χ0) is 12.5. The highest BCUT2D eigenvalue weighted by Crippen LogP contribution is 2.23. The van der Waals surface area contributed by atoms with E-state index in [2.05, 4.69) is 51.2 Å². The average molecular weight is 234 g/mol. The molecule has 0 aliphatic carbocycles. The zero-order valence-corrected chi connectivity index (χ0v) is 10.8. The summed E-state index contributed by atoms with van der Waals surface area (Å²) >= 11 is 0. The number of aryl methyl sites for hydroxylation is 1. The van der Waals surface area contributed by atoms with Crippen LogP contribution in [0.5, 0.6) is 0 Å². The number of nitrogens with zero attached hydrogens (tertiary/aromatic N) is 2. The molecule has 0 fully saturated rings. The fraction of sp³-hybridized carbons (Fsp3) is 0.200. The largest absolute Gasteiger partial charge is 0.251 e. The topological polar surface area (TPSA) is 25.8 Å². The van der Waals surface area contributed by atoms with Crippen molar-refractivity contribution in [3.63, 3.8) is 0 Å². The van der Waals surface area contributed by atoms with Gasteiger partial charge in [-0.15, -0.1) is 0 Å². The molecule has 3 heteroatoms. The lowest BCUT2D eigenvalue weighted by atomic mass is 10.0. The van der Waals surface area contributed by atoms with Crippen LogP contribution < -0.4 is 0 Å². The molecule has 2 heterocycles. The van der Waals surface area contributed by atoms with E-state index in [0.29, 0.717) is 0 Å². The molecular formula is C15H15BN2. The third kappa shape index (κ3) is 1.76. The highest BCUT2D eigenvalue weighted by Gasteiger charge is 2.05. The van der Waals surface area contributed by atoms with Crippen LogP contribution in [0.15, 0.2) is 36.4 Å². The van der Waals surface area contributed by atoms with Crippen molar-refractivity contribution in [2.75, 3.05) is 0 Å². The summed E-state index contributed by atoms with van der Waals surface area (Å²) in [6.45, 7) is 2.13. The Kier molecular flexibility index (Phi) is 2.75. The van der Waals surface area contributed by atoms with E-state index in [-0.39, 0.29) is 0 Å². The Labute approximate surface area is 107 Å². The van der Waals surface area contributed by atoms with Crippen LogP contribution >= 0.6 is 0 Å². The van der Waals surface area contributed by atoms with Crippen LogP contribution in [0.25, 0.3) is 21.8 Å². The first-order valence-corrected chi connectivity index (χ1v) is 6.50. The monoisotopic (exact) mass is 234 g/mol. The molecule has 0 atom stereocenters. The molecule has 0 saturated carbocycles. The fourth-order valence-corrected chi connectivity index (χ4v) is 2.24. The maximum Gasteiger partial charge on any atom is 0.109 e. The number of aromatic nitrogens is 2. The van der Waals surface area contributed by atoms with E-state index in [4.69, 9.17) is 9.97 Å². The number of pyridine rings is 2. The van der Waals surface area contributed by atoms with Crippen LogP contribution in [0.1, 0.15) is 18.3 Å². The van der Waals surface area contributed by atoms with Crippen LogP contribution in [0.2, 0.25) is 0 Å². The van der Waals surface area contributed by atoms with Gasteiger partial charge in [-0.25, -0.2) is 0 Å². The minimum Gasteiger partial charge on any atom is -0.251 e. The molecule has 0 amide bonds. The fourth-order valence-electron chi connectivity index (χ4n) is 2.24. The molecule has 0 unspecified atom stereocenters. The van der Waals surface area contributed by atoms with Crippen LogP contribution in [-0.2, 0) is 12.7 Å². The van der Waals surface area contributed by atoms with Crippen molar-refractivity contribution in [1.82, 2.24) is 9.97 Å². The summed E-state index contributed by atoms with van der Waals surface area (Å²) in [6.07, 6.45) is 1.92. The summed E-state index contributed by atoms with van der Waals surface area (Å²) in [5.41, 5.74) is 4.31. The molecule has 0 saturated heterocycles. The second-order valence-electron chi connectivity index (χ2n) is 4.52. The van der Waals surface area contributed by atoms with Crippen LogP contribution in [0, 0.1) is 0 Å². The Hall–Kier alpha value is -1.90. The number of hydrogen-bond acceptors (Lipinski definition) is 2. The summed E-state index contributed by atoms with van der Waals surface area (Å²) in [5, 5.41) is 2.33. The standard InChI is InChI=1S/C15H15BN2/c1-2-12-7-5-10-3-4-11-6-8-13(9-16)18-15(11)14(10)17-12/h3-8H,2,9,16H2,1H3. The quantitative estimate of drug-likeness (QED) is 0.502. The highest BCUT2D eigenvalue weighted by atomic mass is 14.8. The Balaban J connectivity index is 2.40. The third-order valence-electron chi connectivity index (χ3n) is 3.36. The molecule has 0 N–H and O–H groups in total. The summed E-state index contributed by atoms with van der Waals surface area (Å²) in [4.78, 5) is 9.47. The second-order valence-corrected chi connectivity index (χ2v) is 4.52. The van der Waals surface area contributed by atoms with Gasteiger partial charge < -0.3 is 0 Å². The van der Waals surface area contributed by atoms with Gasteiger partial charge in [0.1, 0.15) is 7.85 Å². The normalized spacial score (nSPS) is 11.2. The van der Waals surface area contributed by atoms with Gasteiger partial charge >= 0.3 is 0 Å². The van der Waals surface area contributed by atoms with E-state index in [0.717, 1.165) is 35.2 Å². The molecule has 0 bridgehead atoms. The highest BCUT2D eigenvalue weighted by molar-refractivity contribution is 6.08. The molecule has 1 aromatic carbocycles.